The Bertz CT molecular complexity index is 1070. The topological polar surface area (TPSA) is 97.0 Å². The number of carbonyl (C=O) groups excluding carboxylic acids is 1. The van der Waals surface area contributed by atoms with Crippen molar-refractivity contribution in [3.05, 3.63) is 41.4 Å². The third kappa shape index (κ3) is 5.46. The number of halogens is 1. The van der Waals surface area contributed by atoms with Crippen molar-refractivity contribution in [2.45, 2.75) is 37.6 Å². The summed E-state index contributed by atoms with van der Waals surface area (Å²) in [6.45, 7) is 4.82. The molecule has 0 radical (unpaired) electrons. The molecule has 1 aliphatic heterocycles. The standard InChI is InChI=1S/C22H28ClN3O5S/c1-4-31-20-10-8-17(14-21(20)32(28,29)26-11-5-6-12-26)24-15(2)22(27)25-16-7-9-19(30-3)18(23)13-16/h7-10,13-15,24H,4-6,11-12H2,1-3H3,(H,25,27)/t15-/m1/s1. The molecule has 0 bridgehead atoms. The van der Waals surface area contributed by atoms with Crippen molar-refractivity contribution in [1.29, 1.82) is 0 Å². The van der Waals surface area contributed by atoms with E-state index in [-0.39, 0.29) is 10.8 Å². The average molecular weight is 482 g/mol. The molecule has 1 atom stereocenters. The Kier molecular flexibility index (Phi) is 7.86. The first-order chi connectivity index (χ1) is 15.3. The summed E-state index contributed by atoms with van der Waals surface area (Å²) in [6, 6.07) is 9.14. The van der Waals surface area contributed by atoms with Crippen LogP contribution in [0.1, 0.15) is 26.7 Å². The molecule has 0 saturated carbocycles. The third-order valence-corrected chi connectivity index (χ3v) is 7.34. The molecule has 32 heavy (non-hydrogen) atoms. The van der Waals surface area contributed by atoms with Crippen molar-refractivity contribution in [3.63, 3.8) is 0 Å². The lowest BCUT2D eigenvalue weighted by Gasteiger charge is -2.20. The number of benzene rings is 2. The van der Waals surface area contributed by atoms with E-state index in [4.69, 9.17) is 21.1 Å². The zero-order chi connectivity index (χ0) is 23.3. The first-order valence-electron chi connectivity index (χ1n) is 10.4. The molecule has 2 N–H and O–H groups in total. The molecule has 1 saturated heterocycles. The van der Waals surface area contributed by atoms with E-state index >= 15 is 0 Å². The monoisotopic (exact) mass is 481 g/mol. The van der Waals surface area contributed by atoms with Gasteiger partial charge in [-0.3, -0.25) is 4.79 Å². The quantitative estimate of drug-likeness (QED) is 0.562. The molecule has 0 aliphatic carbocycles. The second-order valence-electron chi connectivity index (χ2n) is 7.41. The Morgan fingerprint density at radius 1 is 1.12 bits per heavy atom. The van der Waals surface area contributed by atoms with Gasteiger partial charge in [0.1, 0.15) is 22.4 Å². The van der Waals surface area contributed by atoms with Crippen LogP contribution in [0.2, 0.25) is 5.02 Å². The van der Waals surface area contributed by atoms with Crippen molar-refractivity contribution in [2.75, 3.05) is 37.4 Å². The van der Waals surface area contributed by atoms with Crippen LogP contribution in [0, 0.1) is 0 Å². The Labute approximate surface area is 193 Å². The van der Waals surface area contributed by atoms with Crippen LogP contribution in [-0.4, -0.2) is 51.5 Å². The first kappa shape index (κ1) is 24.2. The zero-order valence-corrected chi connectivity index (χ0v) is 19.9. The number of sulfonamides is 1. The SMILES string of the molecule is CCOc1ccc(N[C@H](C)C(=O)Nc2ccc(OC)c(Cl)c2)cc1S(=O)(=O)N1CCCC1. The third-order valence-electron chi connectivity index (χ3n) is 5.12. The number of hydrogen-bond donors (Lipinski definition) is 2. The maximum Gasteiger partial charge on any atom is 0.246 e. The molecule has 10 heteroatoms. The molecule has 1 amide bonds. The molecule has 1 fully saturated rings. The fraction of sp³-hybridized carbons (Fsp3) is 0.409. The number of anilines is 2. The molecule has 0 unspecified atom stereocenters. The fourth-order valence-corrected chi connectivity index (χ4v) is 5.38. The number of amides is 1. The summed E-state index contributed by atoms with van der Waals surface area (Å²) in [5.74, 6) is 0.510. The van der Waals surface area contributed by atoms with Crippen LogP contribution in [0.4, 0.5) is 11.4 Å². The van der Waals surface area contributed by atoms with Crippen molar-refractivity contribution in [2.24, 2.45) is 0 Å². The van der Waals surface area contributed by atoms with E-state index in [0.717, 1.165) is 12.8 Å². The number of carbonyl (C=O) groups is 1. The van der Waals surface area contributed by atoms with Crippen LogP contribution in [0.15, 0.2) is 41.3 Å². The zero-order valence-electron chi connectivity index (χ0n) is 18.4. The van der Waals surface area contributed by atoms with Gasteiger partial charge in [-0.25, -0.2) is 8.42 Å². The van der Waals surface area contributed by atoms with Crippen molar-refractivity contribution < 1.29 is 22.7 Å². The van der Waals surface area contributed by atoms with Gasteiger partial charge in [-0.1, -0.05) is 11.6 Å². The molecule has 1 aliphatic rings. The molecule has 2 aromatic rings. The summed E-state index contributed by atoms with van der Waals surface area (Å²) in [6.07, 6.45) is 1.68. The van der Waals surface area contributed by atoms with Gasteiger partial charge in [0, 0.05) is 24.5 Å². The number of ether oxygens (including phenoxy) is 2. The minimum atomic E-state index is -3.69. The lowest BCUT2D eigenvalue weighted by molar-refractivity contribution is -0.116. The molecule has 0 spiro atoms. The second-order valence-corrected chi connectivity index (χ2v) is 9.72. The van der Waals surface area contributed by atoms with E-state index in [1.165, 1.54) is 17.5 Å². The molecule has 2 aromatic carbocycles. The largest absolute Gasteiger partial charge is 0.495 e. The van der Waals surface area contributed by atoms with Crippen LogP contribution >= 0.6 is 11.6 Å². The highest BCUT2D eigenvalue weighted by Gasteiger charge is 2.30. The highest BCUT2D eigenvalue weighted by atomic mass is 35.5. The van der Waals surface area contributed by atoms with Crippen molar-refractivity contribution in [1.82, 2.24) is 4.31 Å². The highest BCUT2D eigenvalue weighted by molar-refractivity contribution is 7.89. The average Bonchev–Trinajstić information content (AvgIpc) is 3.31. The predicted octanol–water partition coefficient (Wildman–Crippen LogP) is 3.97. The summed E-state index contributed by atoms with van der Waals surface area (Å²) in [5.41, 5.74) is 1.03. The van der Waals surface area contributed by atoms with E-state index in [0.29, 0.717) is 47.6 Å². The van der Waals surface area contributed by atoms with Gasteiger partial charge in [0.05, 0.1) is 18.7 Å². The van der Waals surface area contributed by atoms with Gasteiger partial charge < -0.3 is 20.1 Å². The Hall–Kier alpha value is -2.49. The van der Waals surface area contributed by atoms with Gasteiger partial charge in [0.25, 0.3) is 0 Å². The highest BCUT2D eigenvalue weighted by Crippen LogP contribution is 2.32. The Morgan fingerprint density at radius 3 is 2.41 bits per heavy atom. The van der Waals surface area contributed by atoms with Crippen LogP contribution in [0.25, 0.3) is 0 Å². The van der Waals surface area contributed by atoms with Gasteiger partial charge >= 0.3 is 0 Å². The molecular weight excluding hydrogens is 454 g/mol. The Morgan fingerprint density at radius 2 is 1.78 bits per heavy atom. The molecule has 1 heterocycles. The van der Waals surface area contributed by atoms with E-state index in [1.54, 1.807) is 44.2 Å². The van der Waals surface area contributed by atoms with Crippen LogP contribution < -0.4 is 20.1 Å². The number of methoxy groups -OCH3 is 1. The molecule has 8 nitrogen and oxygen atoms in total. The summed E-state index contributed by atoms with van der Waals surface area (Å²) >= 11 is 6.11. The fourth-order valence-electron chi connectivity index (χ4n) is 3.45. The van der Waals surface area contributed by atoms with E-state index in [2.05, 4.69) is 10.6 Å². The van der Waals surface area contributed by atoms with E-state index < -0.39 is 16.1 Å². The van der Waals surface area contributed by atoms with E-state index in [9.17, 15) is 13.2 Å². The van der Waals surface area contributed by atoms with Gasteiger partial charge in [0.15, 0.2) is 0 Å². The maximum absolute atomic E-state index is 13.1. The number of rotatable bonds is 9. The smallest absolute Gasteiger partial charge is 0.246 e. The molecular formula is C22H28ClN3O5S. The van der Waals surface area contributed by atoms with Gasteiger partial charge in [-0.2, -0.15) is 4.31 Å². The number of nitrogens with zero attached hydrogens (tertiary/aromatic N) is 1. The van der Waals surface area contributed by atoms with Gasteiger partial charge in [-0.15, -0.1) is 0 Å². The van der Waals surface area contributed by atoms with Crippen LogP contribution in [0.5, 0.6) is 11.5 Å². The van der Waals surface area contributed by atoms with Crippen LogP contribution in [-0.2, 0) is 14.8 Å². The minimum absolute atomic E-state index is 0.0980. The summed E-state index contributed by atoms with van der Waals surface area (Å²) in [4.78, 5) is 12.7. The lowest BCUT2D eigenvalue weighted by atomic mass is 10.2. The van der Waals surface area contributed by atoms with Gasteiger partial charge in [-0.05, 0) is 63.1 Å². The first-order valence-corrected chi connectivity index (χ1v) is 12.3. The lowest BCUT2D eigenvalue weighted by Crippen LogP contribution is -2.32. The van der Waals surface area contributed by atoms with Crippen LogP contribution in [0.3, 0.4) is 0 Å². The normalized spacial score (nSPS) is 15.2. The number of nitrogens with one attached hydrogen (secondary N) is 2. The minimum Gasteiger partial charge on any atom is -0.495 e. The molecule has 0 aromatic heterocycles. The summed E-state index contributed by atoms with van der Waals surface area (Å²) in [7, 11) is -2.17. The summed E-state index contributed by atoms with van der Waals surface area (Å²) < 4.78 is 38.4. The second kappa shape index (κ2) is 10.4. The van der Waals surface area contributed by atoms with Crippen molar-refractivity contribution >= 4 is 38.9 Å². The Balaban J connectivity index is 1.77. The summed E-state index contributed by atoms with van der Waals surface area (Å²) in [5, 5.41) is 6.23. The van der Waals surface area contributed by atoms with E-state index in [1.807, 2.05) is 0 Å². The predicted molar refractivity (Wildman–Crippen MR) is 125 cm³/mol. The molecule has 174 valence electrons. The van der Waals surface area contributed by atoms with Gasteiger partial charge in [0.2, 0.25) is 15.9 Å². The molecule has 3 rings (SSSR count). The maximum atomic E-state index is 13.1. The number of hydrogen-bond acceptors (Lipinski definition) is 6. The van der Waals surface area contributed by atoms with Crippen molar-refractivity contribution in [3.8, 4) is 11.5 Å².